The number of sulfonamides is 1. The predicted octanol–water partition coefficient (Wildman–Crippen LogP) is 2.41. The lowest BCUT2D eigenvalue weighted by Gasteiger charge is -2.27. The number of rotatable bonds is 3. The molecule has 0 bridgehead atoms. The highest BCUT2D eigenvalue weighted by Gasteiger charge is 2.30. The lowest BCUT2D eigenvalue weighted by atomic mass is 10.1. The average molecular weight is 296 g/mol. The molecule has 0 aliphatic carbocycles. The monoisotopic (exact) mass is 296 g/mol. The van der Waals surface area contributed by atoms with Crippen molar-refractivity contribution in [3.8, 4) is 0 Å². The van der Waals surface area contributed by atoms with E-state index in [4.69, 9.17) is 5.73 Å². The zero-order valence-electron chi connectivity index (χ0n) is 12.3. The van der Waals surface area contributed by atoms with Gasteiger partial charge in [-0.3, -0.25) is 0 Å². The zero-order chi connectivity index (χ0) is 14.8. The summed E-state index contributed by atoms with van der Waals surface area (Å²) in [4.78, 5) is 0.420. The minimum Gasteiger partial charge on any atom is -0.326 e. The first kappa shape index (κ1) is 15.5. The SMILES string of the molecule is Cc1cc(CN)ccc1S(=O)(=O)N1CCCCCC1C. The predicted molar refractivity (Wildman–Crippen MR) is 80.9 cm³/mol. The molecule has 2 rings (SSSR count). The van der Waals surface area contributed by atoms with E-state index in [9.17, 15) is 8.42 Å². The standard InChI is InChI=1S/C15H24N2O2S/c1-12-10-14(11-16)7-8-15(12)20(18,19)17-9-5-3-4-6-13(17)2/h7-8,10,13H,3-6,9,11,16H2,1-2H3. The van der Waals surface area contributed by atoms with Crippen molar-refractivity contribution < 1.29 is 8.42 Å². The number of nitrogens with zero attached hydrogens (tertiary/aromatic N) is 1. The van der Waals surface area contributed by atoms with E-state index >= 15 is 0 Å². The van der Waals surface area contributed by atoms with Crippen molar-refractivity contribution in [3.05, 3.63) is 29.3 Å². The third-order valence-corrected chi connectivity index (χ3v) is 6.23. The van der Waals surface area contributed by atoms with Gasteiger partial charge in [-0.25, -0.2) is 8.42 Å². The second-order valence-electron chi connectivity index (χ2n) is 5.62. The fourth-order valence-electron chi connectivity index (χ4n) is 2.86. The van der Waals surface area contributed by atoms with Gasteiger partial charge in [0.25, 0.3) is 0 Å². The Balaban J connectivity index is 2.38. The maximum atomic E-state index is 12.9. The summed E-state index contributed by atoms with van der Waals surface area (Å²) < 4.78 is 27.4. The lowest BCUT2D eigenvalue weighted by Crippen LogP contribution is -2.38. The number of aryl methyl sites for hydroxylation is 1. The summed E-state index contributed by atoms with van der Waals surface area (Å²) in [7, 11) is -3.40. The van der Waals surface area contributed by atoms with Crippen LogP contribution in [0.5, 0.6) is 0 Å². The maximum Gasteiger partial charge on any atom is 0.243 e. The number of nitrogens with two attached hydrogens (primary N) is 1. The van der Waals surface area contributed by atoms with Crippen molar-refractivity contribution in [3.63, 3.8) is 0 Å². The summed E-state index contributed by atoms with van der Waals surface area (Å²) >= 11 is 0. The molecule has 1 aromatic carbocycles. The molecule has 0 aromatic heterocycles. The molecule has 1 aromatic rings. The molecule has 20 heavy (non-hydrogen) atoms. The minimum atomic E-state index is -3.40. The molecule has 0 radical (unpaired) electrons. The van der Waals surface area contributed by atoms with E-state index in [1.54, 1.807) is 10.4 Å². The minimum absolute atomic E-state index is 0.0797. The normalized spacial score (nSPS) is 21.6. The molecule has 0 saturated carbocycles. The molecule has 1 fully saturated rings. The zero-order valence-corrected chi connectivity index (χ0v) is 13.1. The van der Waals surface area contributed by atoms with E-state index in [2.05, 4.69) is 0 Å². The van der Waals surface area contributed by atoms with E-state index in [0.29, 0.717) is 18.0 Å². The van der Waals surface area contributed by atoms with Gasteiger partial charge in [-0.2, -0.15) is 4.31 Å². The molecule has 1 unspecified atom stereocenters. The van der Waals surface area contributed by atoms with Crippen LogP contribution in [-0.2, 0) is 16.6 Å². The molecule has 1 atom stereocenters. The summed E-state index contributed by atoms with van der Waals surface area (Å²) in [5.74, 6) is 0. The van der Waals surface area contributed by atoms with Gasteiger partial charge in [0, 0.05) is 19.1 Å². The highest BCUT2D eigenvalue weighted by Crippen LogP contribution is 2.26. The topological polar surface area (TPSA) is 63.4 Å². The summed E-state index contributed by atoms with van der Waals surface area (Å²) in [6.07, 6.45) is 4.11. The van der Waals surface area contributed by atoms with E-state index in [0.717, 1.165) is 36.8 Å². The van der Waals surface area contributed by atoms with Crippen molar-refractivity contribution in [1.82, 2.24) is 4.31 Å². The Morgan fingerprint density at radius 1 is 1.30 bits per heavy atom. The van der Waals surface area contributed by atoms with Crippen LogP contribution in [-0.4, -0.2) is 25.3 Å². The van der Waals surface area contributed by atoms with Crippen LogP contribution < -0.4 is 5.73 Å². The maximum absolute atomic E-state index is 12.9. The van der Waals surface area contributed by atoms with Crippen LogP contribution in [0.1, 0.15) is 43.7 Å². The number of hydrogen-bond acceptors (Lipinski definition) is 3. The van der Waals surface area contributed by atoms with E-state index in [-0.39, 0.29) is 6.04 Å². The largest absolute Gasteiger partial charge is 0.326 e. The fraction of sp³-hybridized carbons (Fsp3) is 0.600. The fourth-order valence-corrected chi connectivity index (χ4v) is 4.77. The average Bonchev–Trinajstić information content (AvgIpc) is 2.63. The van der Waals surface area contributed by atoms with Gasteiger partial charge in [0.15, 0.2) is 0 Å². The Bertz CT molecular complexity index is 569. The smallest absolute Gasteiger partial charge is 0.243 e. The van der Waals surface area contributed by atoms with Crippen molar-refractivity contribution in [2.45, 2.75) is 57.0 Å². The molecule has 1 aliphatic rings. The third-order valence-electron chi connectivity index (χ3n) is 4.05. The molecule has 1 aliphatic heterocycles. The van der Waals surface area contributed by atoms with Crippen molar-refractivity contribution in [1.29, 1.82) is 0 Å². The molecule has 112 valence electrons. The van der Waals surface area contributed by atoms with Gasteiger partial charge in [-0.15, -0.1) is 0 Å². The van der Waals surface area contributed by atoms with Gasteiger partial charge in [-0.05, 0) is 43.9 Å². The van der Waals surface area contributed by atoms with Crippen LogP contribution in [0.15, 0.2) is 23.1 Å². The summed E-state index contributed by atoms with van der Waals surface area (Å²) in [6.45, 7) is 4.91. The summed E-state index contributed by atoms with van der Waals surface area (Å²) in [5.41, 5.74) is 7.35. The van der Waals surface area contributed by atoms with Gasteiger partial charge >= 0.3 is 0 Å². The highest BCUT2D eigenvalue weighted by atomic mass is 32.2. The van der Waals surface area contributed by atoms with Crippen LogP contribution in [0.2, 0.25) is 0 Å². The molecular weight excluding hydrogens is 272 g/mol. The van der Waals surface area contributed by atoms with Crippen molar-refractivity contribution >= 4 is 10.0 Å². The molecule has 0 amide bonds. The Kier molecular flexibility index (Phi) is 4.83. The second-order valence-corrected chi connectivity index (χ2v) is 7.48. The number of benzene rings is 1. The van der Waals surface area contributed by atoms with Crippen LogP contribution in [0.25, 0.3) is 0 Å². The molecule has 4 nitrogen and oxygen atoms in total. The third kappa shape index (κ3) is 3.05. The summed E-state index contributed by atoms with van der Waals surface area (Å²) in [6, 6.07) is 5.46. The van der Waals surface area contributed by atoms with Gasteiger partial charge in [0.05, 0.1) is 4.90 Å². The van der Waals surface area contributed by atoms with Crippen LogP contribution in [0, 0.1) is 6.92 Å². The Morgan fingerprint density at radius 3 is 2.70 bits per heavy atom. The van der Waals surface area contributed by atoms with Crippen LogP contribution in [0.4, 0.5) is 0 Å². The Hall–Kier alpha value is -0.910. The first-order chi connectivity index (χ1) is 9.46. The van der Waals surface area contributed by atoms with Gasteiger partial charge in [0.2, 0.25) is 10.0 Å². The van der Waals surface area contributed by atoms with Crippen molar-refractivity contribution in [2.24, 2.45) is 5.73 Å². The van der Waals surface area contributed by atoms with Gasteiger partial charge in [0.1, 0.15) is 0 Å². The molecule has 5 heteroatoms. The van der Waals surface area contributed by atoms with E-state index < -0.39 is 10.0 Å². The van der Waals surface area contributed by atoms with E-state index in [1.807, 2.05) is 26.0 Å². The van der Waals surface area contributed by atoms with E-state index in [1.165, 1.54) is 0 Å². The number of hydrogen-bond donors (Lipinski definition) is 1. The Labute approximate surface area is 122 Å². The molecule has 1 heterocycles. The first-order valence-corrected chi connectivity index (χ1v) is 8.72. The molecule has 0 spiro atoms. The van der Waals surface area contributed by atoms with Gasteiger partial charge in [-0.1, -0.05) is 25.0 Å². The Morgan fingerprint density at radius 2 is 2.05 bits per heavy atom. The lowest BCUT2D eigenvalue weighted by molar-refractivity contribution is 0.342. The molecule has 2 N–H and O–H groups in total. The molecular formula is C15H24N2O2S. The first-order valence-electron chi connectivity index (χ1n) is 7.28. The van der Waals surface area contributed by atoms with Crippen LogP contribution in [0.3, 0.4) is 0 Å². The van der Waals surface area contributed by atoms with Crippen LogP contribution >= 0.6 is 0 Å². The quantitative estimate of drug-likeness (QED) is 0.931. The highest BCUT2D eigenvalue weighted by molar-refractivity contribution is 7.89. The second kappa shape index (κ2) is 6.24. The summed E-state index contributed by atoms with van der Waals surface area (Å²) in [5, 5.41) is 0. The van der Waals surface area contributed by atoms with Crippen molar-refractivity contribution in [2.75, 3.05) is 6.54 Å². The van der Waals surface area contributed by atoms with Gasteiger partial charge < -0.3 is 5.73 Å². The molecule has 1 saturated heterocycles.